The fraction of sp³-hybridized carbons (Fsp3) is 0.371. The van der Waals surface area contributed by atoms with E-state index in [1.807, 2.05) is 61.0 Å². The standard InChI is InChI=1S/C70H80N2O6/c1-67(2,3)57-33-49-29-53-37-59(69(7,8)9)39-55-31-51-35-58(68(4,5)6)36-52(64(51)74)32-56-40-60(70(10,11)12)38-54(30-50(34-57)63(49)73)66(56)78-28-26-76-62-20-16-14-18-48(62)44-72-42-46-23-21-45(22-24-46)41-71-43-47-17-13-15-19-61(47)75-25-27-77-65(53)55/h13-24,33-40,43-44,73-74H,25-32,41-42H2,1-12H3. The Labute approximate surface area is 464 Å². The van der Waals surface area contributed by atoms with Crippen LogP contribution in [0.4, 0.5) is 0 Å². The Morgan fingerprint density at radius 1 is 0.346 bits per heavy atom. The maximum absolute atomic E-state index is 12.8. The lowest BCUT2D eigenvalue weighted by Crippen LogP contribution is -2.18. The SMILES string of the molecule is CC(C)(C)c1cc2c(O)c(c1)Cc1cc(C(C)(C)C)cc3c1OCCOc1ccccc1C=NCc1ccc(cc1)CN=Cc1ccccc1OCCOc1c(cc(C(C)(C)C)cc1Cc1cc(C(C)(C)C)cc(c1O)C3)C2. The third-order valence-electron chi connectivity index (χ3n) is 15.1. The van der Waals surface area contributed by atoms with Crippen molar-refractivity contribution in [2.24, 2.45) is 9.98 Å². The van der Waals surface area contributed by atoms with Crippen LogP contribution in [-0.2, 0) is 60.4 Å². The van der Waals surface area contributed by atoms with Crippen molar-refractivity contribution in [2.75, 3.05) is 26.4 Å². The Morgan fingerprint density at radius 3 is 0.910 bits per heavy atom. The molecule has 0 unspecified atom stereocenters. The first-order valence-electron chi connectivity index (χ1n) is 27.8. The fourth-order valence-corrected chi connectivity index (χ4v) is 10.3. The highest BCUT2D eigenvalue weighted by atomic mass is 16.5. The number of nitrogens with zero attached hydrogens (tertiary/aromatic N) is 2. The number of ether oxygens (including phenoxy) is 4. The van der Waals surface area contributed by atoms with Crippen LogP contribution < -0.4 is 18.9 Å². The zero-order chi connectivity index (χ0) is 55.6. The second kappa shape index (κ2) is 22.6. The van der Waals surface area contributed by atoms with Crippen molar-refractivity contribution in [1.29, 1.82) is 0 Å². The second-order valence-electron chi connectivity index (χ2n) is 25.5. The van der Waals surface area contributed by atoms with Crippen molar-refractivity contribution in [3.05, 3.63) is 210 Å². The maximum Gasteiger partial charge on any atom is 0.128 e. The molecule has 8 heteroatoms. The highest BCUT2D eigenvalue weighted by molar-refractivity contribution is 5.84. The predicted octanol–water partition coefficient (Wildman–Crippen LogP) is 15.4. The largest absolute Gasteiger partial charge is 0.507 e. The van der Waals surface area contributed by atoms with Crippen molar-refractivity contribution >= 4 is 12.4 Å². The molecule has 78 heavy (non-hydrogen) atoms. The normalized spacial score (nSPS) is 14.8. The molecular formula is C70H80N2O6. The van der Waals surface area contributed by atoms with Crippen LogP contribution in [0, 0.1) is 0 Å². The van der Waals surface area contributed by atoms with Gasteiger partial charge in [0, 0.05) is 49.2 Å². The molecule has 1 aliphatic carbocycles. The first-order valence-corrected chi connectivity index (χ1v) is 27.8. The van der Waals surface area contributed by atoms with Gasteiger partial charge in [0.2, 0.25) is 0 Å². The molecule has 7 aromatic carbocycles. The van der Waals surface area contributed by atoms with Gasteiger partial charge in [-0.25, -0.2) is 0 Å². The highest BCUT2D eigenvalue weighted by Gasteiger charge is 2.29. The summed E-state index contributed by atoms with van der Waals surface area (Å²) in [5.74, 6) is 3.39. The van der Waals surface area contributed by atoms with E-state index in [0.29, 0.717) is 50.3 Å². The molecule has 0 spiro atoms. The summed E-state index contributed by atoms with van der Waals surface area (Å²) in [6.07, 6.45) is 5.35. The Balaban J connectivity index is 1.26. The average Bonchev–Trinajstić information content (AvgIpc) is 3.39. The number of phenolic OH excluding ortho intramolecular Hbond substituents is 2. The molecule has 12 bridgehead atoms. The van der Waals surface area contributed by atoms with E-state index >= 15 is 0 Å². The molecule has 0 saturated heterocycles. The van der Waals surface area contributed by atoms with Gasteiger partial charge in [-0.2, -0.15) is 0 Å². The highest BCUT2D eigenvalue weighted by Crippen LogP contribution is 2.44. The monoisotopic (exact) mass is 1040 g/mol. The number of aromatic hydroxyl groups is 2. The summed E-state index contributed by atoms with van der Waals surface area (Å²) in [6, 6.07) is 42.0. The molecule has 5 aliphatic rings. The lowest BCUT2D eigenvalue weighted by atomic mass is 9.79. The van der Waals surface area contributed by atoms with Crippen LogP contribution in [0.5, 0.6) is 34.5 Å². The zero-order valence-electron chi connectivity index (χ0n) is 48.2. The molecule has 2 N–H and O–H groups in total. The van der Waals surface area contributed by atoms with Gasteiger partial charge < -0.3 is 29.2 Å². The Morgan fingerprint density at radius 2 is 0.615 bits per heavy atom. The van der Waals surface area contributed by atoms with Gasteiger partial charge in [0.25, 0.3) is 0 Å². The summed E-state index contributed by atoms with van der Waals surface area (Å²) in [7, 11) is 0. The van der Waals surface area contributed by atoms with Crippen LogP contribution in [0.1, 0.15) is 172 Å². The number of hydrogen-bond donors (Lipinski definition) is 2. The Bertz CT molecular complexity index is 3040. The molecular weight excluding hydrogens is 965 g/mol. The summed E-state index contributed by atoms with van der Waals surface area (Å²) >= 11 is 0. The minimum absolute atomic E-state index is 0.233. The number of benzene rings is 7. The van der Waals surface area contributed by atoms with E-state index in [2.05, 4.69) is 156 Å². The molecule has 406 valence electrons. The lowest BCUT2D eigenvalue weighted by Gasteiger charge is -2.28. The van der Waals surface area contributed by atoms with Crippen LogP contribution in [-0.4, -0.2) is 49.1 Å². The third-order valence-corrected chi connectivity index (χ3v) is 15.1. The van der Waals surface area contributed by atoms with Crippen molar-refractivity contribution in [3.8, 4) is 34.5 Å². The zero-order valence-corrected chi connectivity index (χ0v) is 48.2. The summed E-state index contributed by atoms with van der Waals surface area (Å²) in [5.41, 5.74) is 14.6. The molecule has 8 nitrogen and oxygen atoms in total. The third kappa shape index (κ3) is 13.1. The summed E-state index contributed by atoms with van der Waals surface area (Å²) in [4.78, 5) is 9.66. The molecule has 0 aromatic heterocycles. The van der Waals surface area contributed by atoms with Crippen molar-refractivity contribution in [2.45, 2.75) is 144 Å². The first-order chi connectivity index (χ1) is 37.0. The van der Waals surface area contributed by atoms with Crippen molar-refractivity contribution in [3.63, 3.8) is 0 Å². The molecule has 0 amide bonds. The van der Waals surface area contributed by atoms with Gasteiger partial charge in [-0.15, -0.1) is 0 Å². The molecule has 0 radical (unpaired) electrons. The number of para-hydroxylation sites is 2. The van der Waals surface area contributed by atoms with Gasteiger partial charge in [-0.1, -0.05) is 180 Å². The summed E-state index contributed by atoms with van der Waals surface area (Å²) in [5, 5.41) is 25.7. The molecule has 4 heterocycles. The topological polar surface area (TPSA) is 102 Å². The van der Waals surface area contributed by atoms with Gasteiger partial charge in [-0.05, 0) is 124 Å². The van der Waals surface area contributed by atoms with Gasteiger partial charge in [0.05, 0.1) is 13.1 Å². The van der Waals surface area contributed by atoms with Crippen LogP contribution in [0.15, 0.2) is 131 Å². The maximum atomic E-state index is 12.8. The van der Waals surface area contributed by atoms with Crippen molar-refractivity contribution < 1.29 is 29.2 Å². The van der Waals surface area contributed by atoms with E-state index in [-0.39, 0.29) is 59.6 Å². The molecule has 4 aliphatic heterocycles. The number of hydrogen-bond acceptors (Lipinski definition) is 8. The Kier molecular flexibility index (Phi) is 16.0. The van der Waals surface area contributed by atoms with Crippen LogP contribution >= 0.6 is 0 Å². The molecule has 12 rings (SSSR count). The lowest BCUT2D eigenvalue weighted by molar-refractivity contribution is 0.214. The van der Waals surface area contributed by atoms with Gasteiger partial charge in [0.1, 0.15) is 60.9 Å². The first kappa shape index (κ1) is 55.4. The van der Waals surface area contributed by atoms with E-state index in [9.17, 15) is 10.2 Å². The van der Waals surface area contributed by atoms with Crippen LogP contribution in [0.2, 0.25) is 0 Å². The molecule has 0 atom stereocenters. The average molecular weight is 1050 g/mol. The quantitative estimate of drug-likeness (QED) is 0.157. The minimum atomic E-state index is -0.240. The summed E-state index contributed by atoms with van der Waals surface area (Å²) < 4.78 is 27.1. The number of aliphatic imine (C=N–C) groups is 2. The molecule has 0 saturated carbocycles. The number of phenols is 2. The van der Waals surface area contributed by atoms with Gasteiger partial charge in [0.15, 0.2) is 0 Å². The van der Waals surface area contributed by atoms with E-state index in [1.54, 1.807) is 0 Å². The van der Waals surface area contributed by atoms with Crippen molar-refractivity contribution in [1.82, 2.24) is 0 Å². The smallest absolute Gasteiger partial charge is 0.128 e. The molecule has 0 fully saturated rings. The van der Waals surface area contributed by atoms with Crippen LogP contribution in [0.3, 0.4) is 0 Å². The Hall–Kier alpha value is -7.32. The predicted molar refractivity (Wildman–Crippen MR) is 319 cm³/mol. The van der Waals surface area contributed by atoms with E-state index in [0.717, 1.165) is 101 Å². The van der Waals surface area contributed by atoms with Gasteiger partial charge in [-0.3, -0.25) is 9.98 Å². The van der Waals surface area contributed by atoms with E-state index in [4.69, 9.17) is 28.9 Å². The fourth-order valence-electron chi connectivity index (χ4n) is 10.3. The van der Waals surface area contributed by atoms with Crippen LogP contribution in [0.25, 0.3) is 0 Å². The number of rotatable bonds is 0. The van der Waals surface area contributed by atoms with Gasteiger partial charge >= 0.3 is 0 Å². The minimum Gasteiger partial charge on any atom is -0.507 e. The second-order valence-corrected chi connectivity index (χ2v) is 25.5. The summed E-state index contributed by atoms with van der Waals surface area (Å²) in [6.45, 7) is 28.8. The van der Waals surface area contributed by atoms with E-state index < -0.39 is 0 Å². The molecule has 7 aromatic rings. The van der Waals surface area contributed by atoms with E-state index in [1.165, 1.54) is 0 Å².